The minimum absolute atomic E-state index is 0.603. The zero-order valence-electron chi connectivity index (χ0n) is 9.87. The second-order valence-electron chi connectivity index (χ2n) is 3.91. The maximum atomic E-state index is 5.55. The summed E-state index contributed by atoms with van der Waals surface area (Å²) in [5.41, 5.74) is 5.41. The monoisotopic (exact) mass is 240 g/mol. The lowest BCUT2D eigenvalue weighted by Crippen LogP contribution is -2.09. The van der Waals surface area contributed by atoms with Gasteiger partial charge in [-0.2, -0.15) is 9.61 Å². The van der Waals surface area contributed by atoms with E-state index in [0.717, 1.165) is 17.0 Å². The van der Waals surface area contributed by atoms with E-state index in [0.29, 0.717) is 5.88 Å². The van der Waals surface area contributed by atoms with Crippen molar-refractivity contribution >= 4 is 11.3 Å². The second-order valence-corrected chi connectivity index (χ2v) is 3.91. The molecule has 1 N–H and O–H groups in total. The molecule has 0 atom stereocenters. The molecule has 0 amide bonds. The van der Waals surface area contributed by atoms with Crippen LogP contribution in [0.15, 0.2) is 48.7 Å². The predicted molar refractivity (Wildman–Crippen MR) is 68.4 cm³/mol. The number of aryl methyl sites for hydroxylation is 1. The summed E-state index contributed by atoms with van der Waals surface area (Å²) in [6.07, 6.45) is 1.69. The molecule has 18 heavy (non-hydrogen) atoms. The Morgan fingerprint density at radius 1 is 1.17 bits per heavy atom. The third kappa shape index (κ3) is 1.98. The molecule has 0 aliphatic heterocycles. The smallest absolute Gasteiger partial charge is 0.250 e. The summed E-state index contributed by atoms with van der Waals surface area (Å²) < 4.78 is 1.64. The predicted octanol–water partition coefficient (Wildman–Crippen LogP) is 2.44. The van der Waals surface area contributed by atoms with Gasteiger partial charge in [0.25, 0.3) is 5.88 Å². The van der Waals surface area contributed by atoms with E-state index in [1.54, 1.807) is 10.7 Å². The highest BCUT2D eigenvalue weighted by Crippen LogP contribution is 2.15. The number of rotatable bonds is 3. The topological polar surface area (TPSA) is 51.5 Å². The van der Waals surface area contributed by atoms with E-state index >= 15 is 0 Å². The normalized spacial score (nSPS) is 10.5. The van der Waals surface area contributed by atoms with Crippen molar-refractivity contribution in [2.75, 3.05) is 5.48 Å². The van der Waals surface area contributed by atoms with Gasteiger partial charge in [-0.1, -0.05) is 18.2 Å². The number of nitrogens with zero attached hydrogens (tertiary/aromatic N) is 3. The molecule has 3 rings (SSSR count). The Balaban J connectivity index is 1.88. The highest BCUT2D eigenvalue weighted by molar-refractivity contribution is 5.43. The van der Waals surface area contributed by atoms with Crippen molar-refractivity contribution in [1.29, 1.82) is 0 Å². The van der Waals surface area contributed by atoms with Crippen LogP contribution in [0.25, 0.3) is 5.65 Å². The van der Waals surface area contributed by atoms with Crippen LogP contribution in [-0.4, -0.2) is 14.6 Å². The summed E-state index contributed by atoms with van der Waals surface area (Å²) in [7, 11) is 0. The number of hydrogen-bond donors (Lipinski definition) is 1. The largest absolute Gasteiger partial charge is 0.362 e. The first kappa shape index (κ1) is 10.6. The molecule has 0 saturated heterocycles. The Morgan fingerprint density at radius 2 is 2.00 bits per heavy atom. The number of para-hydroxylation sites is 1. The molecule has 2 heterocycles. The molecule has 0 aliphatic carbocycles. The molecular formula is C13H12N4O. The van der Waals surface area contributed by atoms with Crippen LogP contribution in [0.2, 0.25) is 0 Å². The van der Waals surface area contributed by atoms with Gasteiger partial charge in [-0.3, -0.25) is 0 Å². The molecule has 0 unspecified atom stereocenters. The summed E-state index contributed by atoms with van der Waals surface area (Å²) in [5, 5.41) is 4.16. The Kier molecular flexibility index (Phi) is 2.57. The third-order valence-electron chi connectivity index (χ3n) is 2.50. The van der Waals surface area contributed by atoms with Crippen molar-refractivity contribution in [1.82, 2.24) is 14.6 Å². The maximum absolute atomic E-state index is 5.55. The van der Waals surface area contributed by atoms with E-state index in [4.69, 9.17) is 4.84 Å². The van der Waals surface area contributed by atoms with Crippen molar-refractivity contribution in [3.8, 4) is 5.88 Å². The molecular weight excluding hydrogens is 228 g/mol. The number of fused-ring (bicyclic) bond motifs is 1. The molecule has 3 aromatic rings. The second kappa shape index (κ2) is 4.37. The van der Waals surface area contributed by atoms with E-state index in [1.165, 1.54) is 0 Å². The minimum atomic E-state index is 0.603. The molecule has 1 aromatic carbocycles. The Bertz CT molecular complexity index is 663. The number of anilines is 1. The van der Waals surface area contributed by atoms with Crippen LogP contribution in [-0.2, 0) is 0 Å². The van der Waals surface area contributed by atoms with Gasteiger partial charge in [0.05, 0.1) is 11.9 Å². The number of benzene rings is 1. The lowest BCUT2D eigenvalue weighted by molar-refractivity contribution is 0.376. The van der Waals surface area contributed by atoms with E-state index in [9.17, 15) is 0 Å². The molecule has 5 nitrogen and oxygen atoms in total. The van der Waals surface area contributed by atoms with Gasteiger partial charge in [0.2, 0.25) is 0 Å². The van der Waals surface area contributed by atoms with Gasteiger partial charge in [0.15, 0.2) is 5.65 Å². The van der Waals surface area contributed by atoms with Crippen LogP contribution in [0.5, 0.6) is 5.88 Å². The van der Waals surface area contributed by atoms with Gasteiger partial charge >= 0.3 is 0 Å². The maximum Gasteiger partial charge on any atom is 0.250 e. The van der Waals surface area contributed by atoms with Crippen molar-refractivity contribution in [3.05, 3.63) is 54.4 Å². The molecule has 0 aliphatic rings. The van der Waals surface area contributed by atoms with Crippen molar-refractivity contribution in [3.63, 3.8) is 0 Å². The average Bonchev–Trinajstić information content (AvgIpc) is 2.85. The van der Waals surface area contributed by atoms with Gasteiger partial charge in [0, 0.05) is 17.8 Å². The van der Waals surface area contributed by atoms with E-state index < -0.39 is 0 Å². The molecule has 0 bridgehead atoms. The van der Waals surface area contributed by atoms with Gasteiger partial charge in [-0.15, -0.1) is 0 Å². The van der Waals surface area contributed by atoms with Crippen LogP contribution in [0.3, 0.4) is 0 Å². The number of hydrogen-bond acceptors (Lipinski definition) is 4. The fourth-order valence-electron chi connectivity index (χ4n) is 1.69. The van der Waals surface area contributed by atoms with Crippen LogP contribution >= 0.6 is 0 Å². The van der Waals surface area contributed by atoms with E-state index in [-0.39, 0.29) is 0 Å². The molecule has 2 aromatic heterocycles. The number of nitrogens with one attached hydrogen (secondary N) is 1. The summed E-state index contributed by atoms with van der Waals surface area (Å²) in [6.45, 7) is 1.92. The van der Waals surface area contributed by atoms with E-state index in [2.05, 4.69) is 15.6 Å². The highest BCUT2D eigenvalue weighted by atomic mass is 16.7. The Hall–Kier alpha value is -2.56. The molecule has 5 heteroatoms. The zero-order chi connectivity index (χ0) is 12.4. The van der Waals surface area contributed by atoms with Gasteiger partial charge in [0.1, 0.15) is 0 Å². The fourth-order valence-corrected chi connectivity index (χ4v) is 1.69. The quantitative estimate of drug-likeness (QED) is 0.714. The summed E-state index contributed by atoms with van der Waals surface area (Å²) in [4.78, 5) is 9.90. The lowest BCUT2D eigenvalue weighted by Gasteiger charge is -2.09. The summed E-state index contributed by atoms with van der Waals surface area (Å²) in [5.74, 6) is 0.603. The molecule has 0 saturated carbocycles. The van der Waals surface area contributed by atoms with Crippen LogP contribution in [0, 0.1) is 6.92 Å². The highest BCUT2D eigenvalue weighted by Gasteiger charge is 2.05. The molecule has 90 valence electrons. The van der Waals surface area contributed by atoms with Crippen LogP contribution in [0.1, 0.15) is 5.69 Å². The SMILES string of the molecule is Cc1cc(ONc2ccccc2)n2nccc2n1. The Morgan fingerprint density at radius 3 is 2.83 bits per heavy atom. The molecule has 0 fully saturated rings. The first-order valence-corrected chi connectivity index (χ1v) is 5.62. The van der Waals surface area contributed by atoms with Crippen LogP contribution in [0.4, 0.5) is 5.69 Å². The third-order valence-corrected chi connectivity index (χ3v) is 2.50. The van der Waals surface area contributed by atoms with Crippen molar-refractivity contribution < 1.29 is 4.84 Å². The zero-order valence-corrected chi connectivity index (χ0v) is 9.87. The van der Waals surface area contributed by atoms with Crippen LogP contribution < -0.4 is 10.3 Å². The first-order valence-electron chi connectivity index (χ1n) is 5.62. The van der Waals surface area contributed by atoms with Crippen molar-refractivity contribution in [2.45, 2.75) is 6.92 Å². The molecule has 0 radical (unpaired) electrons. The average molecular weight is 240 g/mol. The summed E-state index contributed by atoms with van der Waals surface area (Å²) >= 11 is 0. The first-order chi connectivity index (χ1) is 8.83. The standard InChI is InChI=1S/C13H12N4O/c1-10-9-13(17-12(15-10)7-8-14-17)18-16-11-5-3-2-4-6-11/h2-9,16H,1H3. The fraction of sp³-hybridized carbons (Fsp3) is 0.0769. The molecule has 0 spiro atoms. The Labute approximate surface area is 104 Å². The summed E-state index contributed by atoms with van der Waals surface area (Å²) in [6, 6.07) is 13.3. The van der Waals surface area contributed by atoms with Crippen molar-refractivity contribution in [2.24, 2.45) is 0 Å². The van der Waals surface area contributed by atoms with Gasteiger partial charge < -0.3 is 4.84 Å². The van der Waals surface area contributed by atoms with Gasteiger partial charge in [-0.25, -0.2) is 10.5 Å². The lowest BCUT2D eigenvalue weighted by atomic mass is 10.3. The number of aromatic nitrogens is 3. The minimum Gasteiger partial charge on any atom is -0.362 e. The van der Waals surface area contributed by atoms with Gasteiger partial charge in [-0.05, 0) is 19.1 Å². The van der Waals surface area contributed by atoms with E-state index in [1.807, 2.05) is 49.4 Å².